The number of para-hydroxylation sites is 1. The normalized spacial score (nSPS) is 21.6. The number of benzene rings is 2. The Morgan fingerprint density at radius 2 is 2.00 bits per heavy atom. The van der Waals surface area contributed by atoms with E-state index >= 15 is 0 Å². The number of hydrogen-bond donors (Lipinski definition) is 1. The predicted octanol–water partition coefficient (Wildman–Crippen LogP) is 4.01. The number of nitrogens with one attached hydrogen (secondary N) is 1. The smallest absolute Gasteiger partial charge is 0.167 e. The molecular weight excluding hydrogens is 350 g/mol. The molecule has 1 N–H and O–H groups in total. The third-order valence-corrected chi connectivity index (χ3v) is 5.65. The van der Waals surface area contributed by atoms with Crippen molar-refractivity contribution in [3.8, 4) is 11.5 Å². The van der Waals surface area contributed by atoms with E-state index in [2.05, 4.69) is 40.5 Å². The van der Waals surface area contributed by atoms with Gasteiger partial charge in [-0.25, -0.2) is 0 Å². The summed E-state index contributed by atoms with van der Waals surface area (Å²) in [5.74, 6) is 1.96. The van der Waals surface area contributed by atoms with Crippen molar-refractivity contribution in [1.29, 1.82) is 0 Å². The van der Waals surface area contributed by atoms with E-state index < -0.39 is 0 Å². The Kier molecular flexibility index (Phi) is 5.81. The van der Waals surface area contributed by atoms with Gasteiger partial charge in [-0.1, -0.05) is 49.4 Å². The first-order valence-corrected chi connectivity index (χ1v) is 10.2. The van der Waals surface area contributed by atoms with Gasteiger partial charge in [-0.15, -0.1) is 0 Å². The molecule has 4 rings (SSSR count). The Labute approximate surface area is 167 Å². The van der Waals surface area contributed by atoms with Crippen LogP contribution in [0.4, 0.5) is 0 Å². The maximum atomic E-state index is 6.28. The van der Waals surface area contributed by atoms with E-state index in [9.17, 15) is 0 Å². The molecule has 2 aliphatic heterocycles. The molecule has 0 amide bonds. The minimum Gasteiger partial charge on any atom is -0.493 e. The molecule has 0 aliphatic carbocycles. The Morgan fingerprint density at radius 1 is 1.14 bits per heavy atom. The summed E-state index contributed by atoms with van der Waals surface area (Å²) in [7, 11) is 1.70. The van der Waals surface area contributed by atoms with Crippen LogP contribution in [0.15, 0.2) is 53.6 Å². The van der Waals surface area contributed by atoms with Crippen LogP contribution in [0, 0.1) is 5.92 Å². The minimum atomic E-state index is 0.121. The fraction of sp³-hybridized carbons (Fsp3) is 0.435. The number of hydrazone groups is 1. The van der Waals surface area contributed by atoms with E-state index in [1.165, 1.54) is 12.1 Å². The molecule has 0 aromatic heterocycles. The lowest BCUT2D eigenvalue weighted by molar-refractivity contribution is 0.224. The lowest BCUT2D eigenvalue weighted by Crippen LogP contribution is -2.42. The summed E-state index contributed by atoms with van der Waals surface area (Å²) >= 11 is 0. The second-order valence-corrected chi connectivity index (χ2v) is 7.52. The molecule has 2 unspecified atom stereocenters. The fourth-order valence-corrected chi connectivity index (χ4v) is 4.24. The summed E-state index contributed by atoms with van der Waals surface area (Å²) in [6.45, 7) is 6.05. The van der Waals surface area contributed by atoms with Gasteiger partial charge in [-0.3, -0.25) is 0 Å². The van der Waals surface area contributed by atoms with E-state index in [-0.39, 0.29) is 6.04 Å². The van der Waals surface area contributed by atoms with Gasteiger partial charge in [0.05, 0.1) is 13.2 Å². The number of piperidine rings is 1. The van der Waals surface area contributed by atoms with E-state index in [1.54, 1.807) is 7.11 Å². The number of hydrogen-bond acceptors (Lipinski definition) is 5. The highest BCUT2D eigenvalue weighted by molar-refractivity contribution is 5.90. The van der Waals surface area contributed by atoms with Gasteiger partial charge < -0.3 is 19.8 Å². The molecule has 2 aromatic rings. The first-order valence-electron chi connectivity index (χ1n) is 10.2. The van der Waals surface area contributed by atoms with Gasteiger partial charge >= 0.3 is 0 Å². The Bertz CT molecular complexity index is 822. The van der Waals surface area contributed by atoms with Crippen molar-refractivity contribution < 1.29 is 9.47 Å². The molecule has 0 bridgehead atoms. The molecule has 0 spiro atoms. The van der Waals surface area contributed by atoms with Gasteiger partial charge in [-0.05, 0) is 24.6 Å². The molecule has 0 radical (unpaired) electrons. The number of nitrogens with zero attached hydrogens (tertiary/aromatic N) is 2. The Morgan fingerprint density at radius 3 is 2.79 bits per heavy atom. The molecule has 148 valence electrons. The van der Waals surface area contributed by atoms with Gasteiger partial charge in [0.15, 0.2) is 11.5 Å². The van der Waals surface area contributed by atoms with Crippen LogP contribution in [-0.2, 0) is 6.61 Å². The van der Waals surface area contributed by atoms with Crippen molar-refractivity contribution >= 4 is 5.71 Å². The first-order chi connectivity index (χ1) is 13.8. The maximum Gasteiger partial charge on any atom is 0.167 e. The lowest BCUT2D eigenvalue weighted by Gasteiger charge is -2.33. The van der Waals surface area contributed by atoms with Crippen LogP contribution in [-0.4, -0.2) is 37.4 Å². The van der Waals surface area contributed by atoms with E-state index in [1.807, 2.05) is 30.3 Å². The van der Waals surface area contributed by atoms with Crippen molar-refractivity contribution in [2.45, 2.75) is 32.4 Å². The zero-order valence-corrected chi connectivity index (χ0v) is 16.7. The summed E-state index contributed by atoms with van der Waals surface area (Å²) < 4.78 is 11.9. The number of fused-ring (bicyclic) bond motifs is 1. The van der Waals surface area contributed by atoms with Gasteiger partial charge in [0.2, 0.25) is 0 Å². The number of methoxy groups -OCH3 is 1. The molecule has 1 fully saturated rings. The molecule has 2 aliphatic rings. The van der Waals surface area contributed by atoms with Gasteiger partial charge in [0, 0.05) is 36.7 Å². The van der Waals surface area contributed by atoms with Crippen LogP contribution >= 0.6 is 0 Å². The highest BCUT2D eigenvalue weighted by atomic mass is 16.5. The third kappa shape index (κ3) is 3.85. The molecule has 5 heteroatoms. The molecule has 1 saturated heterocycles. The third-order valence-electron chi connectivity index (χ3n) is 5.65. The van der Waals surface area contributed by atoms with Crippen LogP contribution in [0.25, 0.3) is 0 Å². The lowest BCUT2D eigenvalue weighted by atomic mass is 9.86. The van der Waals surface area contributed by atoms with Gasteiger partial charge in [0.1, 0.15) is 6.61 Å². The van der Waals surface area contributed by atoms with Crippen LogP contribution < -0.4 is 14.9 Å². The SMILES string of the molecule is CCCN1CCC2=NNC(c3cccc(OC)c3OCc3ccccc3)C2C1. The van der Waals surface area contributed by atoms with Gasteiger partial charge in [-0.2, -0.15) is 5.10 Å². The summed E-state index contributed by atoms with van der Waals surface area (Å²) in [4.78, 5) is 2.55. The summed E-state index contributed by atoms with van der Waals surface area (Å²) in [5.41, 5.74) is 6.94. The maximum absolute atomic E-state index is 6.28. The summed E-state index contributed by atoms with van der Waals surface area (Å²) in [6, 6.07) is 16.5. The van der Waals surface area contributed by atoms with Crippen molar-refractivity contribution in [3.63, 3.8) is 0 Å². The van der Waals surface area contributed by atoms with Crippen molar-refractivity contribution in [2.75, 3.05) is 26.7 Å². The van der Waals surface area contributed by atoms with Crippen LogP contribution in [0.3, 0.4) is 0 Å². The second-order valence-electron chi connectivity index (χ2n) is 7.52. The molecule has 0 saturated carbocycles. The predicted molar refractivity (Wildman–Crippen MR) is 112 cm³/mol. The topological polar surface area (TPSA) is 46.1 Å². The summed E-state index contributed by atoms with van der Waals surface area (Å²) in [6.07, 6.45) is 2.22. The van der Waals surface area contributed by atoms with Gasteiger partial charge in [0.25, 0.3) is 0 Å². The second kappa shape index (κ2) is 8.65. The van der Waals surface area contributed by atoms with Crippen LogP contribution in [0.1, 0.15) is 36.9 Å². The standard InChI is InChI=1S/C23H29N3O2/c1-3-13-26-14-12-20-19(15-26)22(25-24-20)18-10-7-11-21(27-2)23(18)28-16-17-8-5-4-6-9-17/h4-11,19,22,25H,3,12-16H2,1-2H3. The number of ether oxygens (including phenoxy) is 2. The van der Waals surface area contributed by atoms with Crippen molar-refractivity contribution in [1.82, 2.24) is 10.3 Å². The molecule has 2 atom stereocenters. The van der Waals surface area contributed by atoms with Crippen molar-refractivity contribution in [2.24, 2.45) is 11.0 Å². The average Bonchev–Trinajstić information content (AvgIpc) is 3.16. The van der Waals surface area contributed by atoms with E-state index in [0.29, 0.717) is 12.5 Å². The molecule has 2 heterocycles. The molecular formula is C23H29N3O2. The Balaban J connectivity index is 1.58. The molecule has 28 heavy (non-hydrogen) atoms. The van der Waals surface area contributed by atoms with Crippen LogP contribution in [0.2, 0.25) is 0 Å². The Hall–Kier alpha value is -2.53. The van der Waals surface area contributed by atoms with E-state index in [4.69, 9.17) is 9.47 Å². The fourth-order valence-electron chi connectivity index (χ4n) is 4.24. The molecule has 5 nitrogen and oxygen atoms in total. The first kappa shape index (κ1) is 18.8. The largest absolute Gasteiger partial charge is 0.493 e. The van der Waals surface area contributed by atoms with Crippen LogP contribution in [0.5, 0.6) is 11.5 Å². The zero-order chi connectivity index (χ0) is 19.3. The average molecular weight is 380 g/mol. The number of likely N-dealkylation sites (tertiary alicyclic amines) is 1. The monoisotopic (exact) mass is 379 g/mol. The summed E-state index contributed by atoms with van der Waals surface area (Å²) in [5, 5.41) is 4.67. The minimum absolute atomic E-state index is 0.121. The highest BCUT2D eigenvalue weighted by Gasteiger charge is 2.38. The van der Waals surface area contributed by atoms with E-state index in [0.717, 1.165) is 48.7 Å². The quantitative estimate of drug-likeness (QED) is 0.790. The van der Waals surface area contributed by atoms with Crippen molar-refractivity contribution in [3.05, 3.63) is 59.7 Å². The highest BCUT2D eigenvalue weighted by Crippen LogP contribution is 2.41. The number of rotatable bonds is 7. The zero-order valence-electron chi connectivity index (χ0n) is 16.7. The molecule has 2 aromatic carbocycles.